The number of fused-ring (bicyclic) bond motifs is 2. The number of nitrogens with two attached hydrogens (primary N) is 1. The van der Waals surface area contributed by atoms with Gasteiger partial charge in [-0.25, -0.2) is 0 Å². The minimum atomic E-state index is -0.188. The Balaban J connectivity index is 0.00000196. The molecule has 3 aromatic rings. The monoisotopic (exact) mass is 601 g/mol. The van der Waals surface area contributed by atoms with Gasteiger partial charge in [0.15, 0.2) is 5.71 Å². The van der Waals surface area contributed by atoms with Crippen molar-refractivity contribution in [3.63, 3.8) is 0 Å². The van der Waals surface area contributed by atoms with Gasteiger partial charge in [-0.2, -0.15) is 4.58 Å². The normalized spacial score (nSPS) is 20.0. The maximum atomic E-state index is 6.77. The Morgan fingerprint density at radius 2 is 1.47 bits per heavy atom. The molecule has 2 N–H and O–H groups in total. The molecule has 0 unspecified atom stereocenters. The highest BCUT2D eigenvalue weighted by molar-refractivity contribution is 6.03. The molecule has 0 saturated carbocycles. The molecule has 3 aromatic carbocycles. The summed E-state index contributed by atoms with van der Waals surface area (Å²) in [5, 5.41) is 0. The quantitative estimate of drug-likeness (QED) is 0.286. The van der Waals surface area contributed by atoms with E-state index in [1.807, 2.05) is 6.07 Å². The molecule has 0 amide bonds. The zero-order chi connectivity index (χ0) is 32.4. The van der Waals surface area contributed by atoms with E-state index in [1.165, 1.54) is 46.3 Å². The Bertz CT molecular complexity index is 1710. The van der Waals surface area contributed by atoms with Crippen LogP contribution in [0, 0.1) is 0 Å². The minimum absolute atomic E-state index is 0.0751. The highest BCUT2D eigenvalue weighted by Gasteiger charge is 2.42. The first-order chi connectivity index (χ1) is 21.6. The molecule has 2 aliphatic heterocycles. The average Bonchev–Trinajstić information content (AvgIpc) is 3.41. The molecule has 234 valence electrons. The lowest BCUT2D eigenvalue weighted by Crippen LogP contribution is -2.26. The van der Waals surface area contributed by atoms with Crippen LogP contribution in [0.1, 0.15) is 83.4 Å². The van der Waals surface area contributed by atoms with Gasteiger partial charge in [0.1, 0.15) is 30.1 Å². The molecule has 1 aliphatic carbocycles. The molecule has 4 nitrogen and oxygen atoms in total. The predicted molar refractivity (Wildman–Crippen MR) is 188 cm³/mol. The average molecular weight is 602 g/mol. The lowest BCUT2D eigenvalue weighted by Gasteiger charge is -2.23. The molecule has 2 heterocycles. The van der Waals surface area contributed by atoms with E-state index in [2.05, 4.69) is 150 Å². The number of rotatable bonds is 6. The van der Waals surface area contributed by atoms with Crippen molar-refractivity contribution in [1.82, 2.24) is 0 Å². The summed E-state index contributed by atoms with van der Waals surface area (Å²) in [6, 6.07) is 25.6. The van der Waals surface area contributed by atoms with Crippen LogP contribution < -0.4 is 15.2 Å². The largest absolute Gasteiger partial charge is 0.460 e. The summed E-state index contributed by atoms with van der Waals surface area (Å²) in [7, 11) is 3.68. The zero-order valence-corrected chi connectivity index (χ0v) is 28.3. The first-order valence-electron chi connectivity index (χ1n) is 16.2. The number of ether oxygens (including phenoxy) is 2. The van der Waals surface area contributed by atoms with Crippen molar-refractivity contribution in [3.05, 3.63) is 136 Å². The van der Waals surface area contributed by atoms with E-state index in [0.717, 1.165) is 42.3 Å². The third-order valence-electron chi connectivity index (χ3n) is 9.46. The molecule has 6 rings (SSSR count). The van der Waals surface area contributed by atoms with Gasteiger partial charge in [-0.15, -0.1) is 0 Å². The van der Waals surface area contributed by atoms with Gasteiger partial charge in [-0.05, 0) is 107 Å². The van der Waals surface area contributed by atoms with Crippen molar-refractivity contribution in [3.8, 4) is 11.5 Å². The summed E-state index contributed by atoms with van der Waals surface area (Å²) in [6.45, 7) is 13.5. The second-order valence-electron chi connectivity index (χ2n) is 13.4. The van der Waals surface area contributed by atoms with Gasteiger partial charge in [0, 0.05) is 23.3 Å². The van der Waals surface area contributed by atoms with Gasteiger partial charge in [-0.1, -0.05) is 68.5 Å². The van der Waals surface area contributed by atoms with E-state index in [0.29, 0.717) is 5.92 Å². The molecular weight excluding hydrogens is 552 g/mol. The maximum absolute atomic E-state index is 6.77. The third-order valence-corrected chi connectivity index (χ3v) is 9.46. The summed E-state index contributed by atoms with van der Waals surface area (Å²) < 4.78 is 15.4. The number of nitrogens with zero attached hydrogens (tertiary/aromatic N) is 1. The molecule has 0 bridgehead atoms. The molecule has 0 saturated heterocycles. The topological polar surface area (TPSA) is 47.5 Å². The summed E-state index contributed by atoms with van der Waals surface area (Å²) in [5.41, 5.74) is 13.1. The Kier molecular flexibility index (Phi) is 9.36. The van der Waals surface area contributed by atoms with E-state index in [1.54, 1.807) is 0 Å². The van der Waals surface area contributed by atoms with Crippen molar-refractivity contribution in [1.29, 1.82) is 0 Å². The molecule has 3 aliphatic rings. The van der Waals surface area contributed by atoms with Crippen LogP contribution in [0.3, 0.4) is 0 Å². The second kappa shape index (κ2) is 13.1. The lowest BCUT2D eigenvalue weighted by molar-refractivity contribution is -0.401. The molecule has 0 fully saturated rings. The fourth-order valence-corrected chi connectivity index (χ4v) is 6.74. The number of para-hydroxylation sites is 2. The maximum Gasteiger partial charge on any atom is 0.209 e. The van der Waals surface area contributed by atoms with E-state index >= 15 is 0 Å². The molecule has 0 aromatic heterocycles. The minimum Gasteiger partial charge on any atom is -0.460 e. The van der Waals surface area contributed by atoms with Crippen LogP contribution in [0.2, 0.25) is 0 Å². The standard InChI is InChI=1S/C40H44NO2.CH5N/c1-27(2)28-19-23-31(24-20-28)42-38-29(21-25-36-39(3,4)32-15-8-10-17-34(32)41(36)7)13-12-14-30(38)22-26-37-40(5,6)33-16-9-11-18-35(33)43-37;1-2/h8-11,15-27H,12-14H2,1-7H3;2H2,1H3/q+1;/b25-21+,30-22+,37-26+;. The van der Waals surface area contributed by atoms with Crippen molar-refractivity contribution in [2.75, 3.05) is 14.1 Å². The predicted octanol–water partition coefficient (Wildman–Crippen LogP) is 9.64. The highest BCUT2D eigenvalue weighted by atomic mass is 16.5. The molecule has 0 atom stereocenters. The summed E-state index contributed by atoms with van der Waals surface area (Å²) in [6.07, 6.45) is 12.0. The van der Waals surface area contributed by atoms with Gasteiger partial charge in [-0.3, -0.25) is 0 Å². The molecular formula is C41H49N2O2+. The van der Waals surface area contributed by atoms with Crippen LogP contribution in [0.5, 0.6) is 11.5 Å². The summed E-state index contributed by atoms with van der Waals surface area (Å²) in [5.74, 6) is 4.22. The Morgan fingerprint density at radius 1 is 0.800 bits per heavy atom. The van der Waals surface area contributed by atoms with Crippen molar-refractivity contribution in [2.45, 2.75) is 77.6 Å². The Labute approximate surface area is 270 Å². The van der Waals surface area contributed by atoms with Gasteiger partial charge in [0.05, 0.1) is 10.8 Å². The fraction of sp³-hybridized carbons (Fsp3) is 0.341. The van der Waals surface area contributed by atoms with E-state index in [-0.39, 0.29) is 10.8 Å². The zero-order valence-electron chi connectivity index (χ0n) is 28.3. The van der Waals surface area contributed by atoms with Crippen LogP contribution in [0.25, 0.3) is 0 Å². The first kappa shape index (κ1) is 32.2. The smallest absolute Gasteiger partial charge is 0.209 e. The lowest BCUT2D eigenvalue weighted by atomic mass is 9.81. The number of allylic oxidation sites excluding steroid dienone is 7. The van der Waals surface area contributed by atoms with E-state index in [4.69, 9.17) is 9.47 Å². The van der Waals surface area contributed by atoms with Crippen LogP contribution in [-0.4, -0.2) is 24.4 Å². The Hall–Kier alpha value is -4.15. The third kappa shape index (κ3) is 6.21. The molecule has 0 spiro atoms. The molecule has 4 heteroatoms. The van der Waals surface area contributed by atoms with Crippen LogP contribution in [0.15, 0.2) is 120 Å². The number of hydrogen-bond acceptors (Lipinski definition) is 3. The highest BCUT2D eigenvalue weighted by Crippen LogP contribution is 2.45. The second-order valence-corrected chi connectivity index (χ2v) is 13.4. The Morgan fingerprint density at radius 3 is 2.13 bits per heavy atom. The fourth-order valence-electron chi connectivity index (χ4n) is 6.74. The molecule has 45 heavy (non-hydrogen) atoms. The van der Waals surface area contributed by atoms with E-state index < -0.39 is 0 Å². The first-order valence-corrected chi connectivity index (χ1v) is 16.2. The van der Waals surface area contributed by atoms with Crippen molar-refractivity contribution in [2.24, 2.45) is 5.73 Å². The van der Waals surface area contributed by atoms with Crippen molar-refractivity contribution < 1.29 is 14.0 Å². The van der Waals surface area contributed by atoms with Crippen molar-refractivity contribution >= 4 is 11.4 Å². The summed E-state index contributed by atoms with van der Waals surface area (Å²) >= 11 is 0. The van der Waals surface area contributed by atoms with Crippen LogP contribution >= 0.6 is 0 Å². The van der Waals surface area contributed by atoms with E-state index in [9.17, 15) is 0 Å². The van der Waals surface area contributed by atoms with Crippen LogP contribution in [0.4, 0.5) is 5.69 Å². The summed E-state index contributed by atoms with van der Waals surface area (Å²) in [4.78, 5) is 0. The van der Waals surface area contributed by atoms with Gasteiger partial charge >= 0.3 is 0 Å². The van der Waals surface area contributed by atoms with Gasteiger partial charge < -0.3 is 15.2 Å². The number of hydrogen-bond donors (Lipinski definition) is 1. The van der Waals surface area contributed by atoms with Gasteiger partial charge in [0.2, 0.25) is 5.69 Å². The van der Waals surface area contributed by atoms with Crippen LogP contribution in [-0.2, 0) is 10.8 Å². The molecule has 0 radical (unpaired) electrons. The number of benzene rings is 3. The van der Waals surface area contributed by atoms with Gasteiger partial charge in [0.25, 0.3) is 0 Å². The SMILES string of the molecule is CC(C)c1ccc(OC2=C(/C=C/C3=[N+](C)c4ccccc4C3(C)C)CCC/C2=C\C=C2\Oc3ccccc3C2(C)C)cc1.CN.